The van der Waals surface area contributed by atoms with Gasteiger partial charge in [0, 0.05) is 0 Å². The zero-order valence-electron chi connectivity index (χ0n) is 8.21. The largest absolute Gasteiger partial charge is 0.495 e. The Morgan fingerprint density at radius 2 is 2.33 bits per heavy atom. The lowest BCUT2D eigenvalue weighted by Crippen LogP contribution is -2.21. The number of hydrogen-bond acceptors (Lipinski definition) is 5. The predicted molar refractivity (Wildman–Crippen MR) is 54.1 cm³/mol. The van der Waals surface area contributed by atoms with Gasteiger partial charge in [0.2, 0.25) is 0 Å². The number of aliphatic hydroxyl groups excluding tert-OH is 1. The van der Waals surface area contributed by atoms with E-state index in [4.69, 9.17) is 15.6 Å². The monoisotopic (exact) mass is 212 g/mol. The fourth-order valence-electron chi connectivity index (χ4n) is 1.17. The maximum absolute atomic E-state index is 10.2. The molecular formula is C9H12N2O4. The molecule has 6 heteroatoms. The van der Waals surface area contributed by atoms with E-state index in [1.54, 1.807) is 18.2 Å². The van der Waals surface area contributed by atoms with Crippen molar-refractivity contribution in [3.05, 3.63) is 33.9 Å². The average Bonchev–Trinajstić information content (AvgIpc) is 2.20. The van der Waals surface area contributed by atoms with Crippen LogP contribution in [0.2, 0.25) is 0 Å². The number of nitro groups is 1. The summed E-state index contributed by atoms with van der Waals surface area (Å²) in [5.41, 5.74) is 6.63. The highest BCUT2D eigenvalue weighted by Gasteiger charge is 2.16. The molecule has 15 heavy (non-hydrogen) atoms. The van der Waals surface area contributed by atoms with Crippen LogP contribution in [0.3, 0.4) is 0 Å². The standard InChI is InChI=1S/C9H12N2O4/c1-15-8-4-6(2-3-7(8)10)5-9(12)11(13)14/h2-4,9,12H,5,10H2,1H3. The summed E-state index contributed by atoms with van der Waals surface area (Å²) in [6, 6.07) is 4.77. The van der Waals surface area contributed by atoms with Gasteiger partial charge in [-0.3, -0.25) is 10.1 Å². The SMILES string of the molecule is COc1cc(CC(O)[N+](=O)[O-])ccc1N. The molecule has 0 radical (unpaired) electrons. The number of ether oxygens (including phenoxy) is 1. The van der Waals surface area contributed by atoms with Crippen molar-refractivity contribution in [3.63, 3.8) is 0 Å². The first-order valence-electron chi connectivity index (χ1n) is 4.28. The number of benzene rings is 1. The van der Waals surface area contributed by atoms with Crippen LogP contribution in [-0.2, 0) is 6.42 Å². The number of hydrogen-bond donors (Lipinski definition) is 2. The minimum Gasteiger partial charge on any atom is -0.495 e. The number of methoxy groups -OCH3 is 1. The Morgan fingerprint density at radius 1 is 1.67 bits per heavy atom. The van der Waals surface area contributed by atoms with Crippen LogP contribution in [0, 0.1) is 10.1 Å². The Kier molecular flexibility index (Phi) is 3.46. The first-order chi connectivity index (χ1) is 7.04. The second-order valence-electron chi connectivity index (χ2n) is 3.05. The summed E-state index contributed by atoms with van der Waals surface area (Å²) in [6.07, 6.45) is -1.66. The Balaban J connectivity index is 2.83. The number of rotatable bonds is 4. The lowest BCUT2D eigenvalue weighted by molar-refractivity contribution is -0.569. The van der Waals surface area contributed by atoms with Crippen molar-refractivity contribution in [1.82, 2.24) is 0 Å². The molecule has 1 aromatic rings. The summed E-state index contributed by atoms with van der Waals surface area (Å²) in [5.74, 6) is 0.447. The normalized spacial score (nSPS) is 12.1. The summed E-state index contributed by atoms with van der Waals surface area (Å²) in [4.78, 5) is 9.48. The van der Waals surface area contributed by atoms with Gasteiger partial charge in [0.25, 0.3) is 0 Å². The van der Waals surface area contributed by atoms with Crippen LogP contribution in [0.1, 0.15) is 5.56 Å². The molecule has 1 aromatic carbocycles. The van der Waals surface area contributed by atoms with Crippen molar-refractivity contribution in [2.75, 3.05) is 12.8 Å². The van der Waals surface area contributed by atoms with E-state index in [-0.39, 0.29) is 6.42 Å². The highest BCUT2D eigenvalue weighted by Crippen LogP contribution is 2.22. The van der Waals surface area contributed by atoms with Gasteiger partial charge in [0.1, 0.15) is 5.75 Å². The van der Waals surface area contributed by atoms with Crippen LogP contribution >= 0.6 is 0 Å². The van der Waals surface area contributed by atoms with Gasteiger partial charge >= 0.3 is 6.23 Å². The maximum atomic E-state index is 10.2. The maximum Gasteiger partial charge on any atom is 0.317 e. The molecule has 0 spiro atoms. The molecule has 0 amide bonds. The molecule has 0 aromatic heterocycles. The molecule has 0 fully saturated rings. The topological polar surface area (TPSA) is 98.6 Å². The van der Waals surface area contributed by atoms with Gasteiger partial charge in [-0.1, -0.05) is 6.07 Å². The number of anilines is 1. The third-order valence-corrected chi connectivity index (χ3v) is 1.96. The van der Waals surface area contributed by atoms with E-state index in [1.165, 1.54) is 7.11 Å². The first kappa shape index (κ1) is 11.3. The van der Waals surface area contributed by atoms with Gasteiger partial charge < -0.3 is 15.6 Å². The van der Waals surface area contributed by atoms with E-state index in [0.717, 1.165) is 0 Å². The van der Waals surface area contributed by atoms with Gasteiger partial charge in [0.15, 0.2) is 0 Å². The van der Waals surface area contributed by atoms with Crippen molar-refractivity contribution >= 4 is 5.69 Å². The number of nitrogens with two attached hydrogens (primary N) is 1. The Bertz CT molecular complexity index is 367. The van der Waals surface area contributed by atoms with Crippen molar-refractivity contribution in [2.24, 2.45) is 0 Å². The van der Waals surface area contributed by atoms with E-state index < -0.39 is 11.2 Å². The van der Waals surface area contributed by atoms with Gasteiger partial charge in [-0.2, -0.15) is 0 Å². The zero-order valence-corrected chi connectivity index (χ0v) is 8.21. The summed E-state index contributed by atoms with van der Waals surface area (Å²) in [7, 11) is 1.46. The number of nitrogen functional groups attached to an aromatic ring is 1. The minimum absolute atomic E-state index is 0.0658. The molecule has 1 atom stereocenters. The molecule has 1 rings (SSSR count). The van der Waals surface area contributed by atoms with Gasteiger partial charge in [-0.25, -0.2) is 0 Å². The third-order valence-electron chi connectivity index (χ3n) is 1.96. The Labute approximate surface area is 86.4 Å². The molecule has 0 bridgehead atoms. The van der Waals surface area contributed by atoms with E-state index in [1.807, 2.05) is 0 Å². The Morgan fingerprint density at radius 3 is 2.87 bits per heavy atom. The fraction of sp³-hybridized carbons (Fsp3) is 0.333. The predicted octanol–water partition coefficient (Wildman–Crippen LogP) is 0.415. The van der Waals surface area contributed by atoms with Gasteiger partial charge in [-0.05, 0) is 17.7 Å². The summed E-state index contributed by atoms with van der Waals surface area (Å²) in [5, 5.41) is 19.3. The van der Waals surface area contributed by atoms with Crippen LogP contribution in [0.25, 0.3) is 0 Å². The lowest BCUT2D eigenvalue weighted by atomic mass is 10.1. The van der Waals surface area contributed by atoms with Crippen molar-refractivity contribution in [3.8, 4) is 5.75 Å². The number of aliphatic hydroxyl groups is 1. The molecule has 3 N–H and O–H groups in total. The van der Waals surface area contributed by atoms with Crippen LogP contribution in [0.4, 0.5) is 5.69 Å². The summed E-state index contributed by atoms with van der Waals surface area (Å²) < 4.78 is 4.95. The second-order valence-corrected chi connectivity index (χ2v) is 3.05. The minimum atomic E-state index is -1.60. The van der Waals surface area contributed by atoms with Gasteiger partial charge in [-0.15, -0.1) is 0 Å². The highest BCUT2D eigenvalue weighted by atomic mass is 16.7. The molecule has 82 valence electrons. The molecule has 0 aliphatic carbocycles. The first-order valence-corrected chi connectivity index (χ1v) is 4.28. The molecule has 0 saturated carbocycles. The van der Waals surface area contributed by atoms with E-state index >= 15 is 0 Å². The van der Waals surface area contributed by atoms with E-state index in [0.29, 0.717) is 17.0 Å². The molecule has 0 heterocycles. The molecule has 6 nitrogen and oxygen atoms in total. The molecule has 0 saturated heterocycles. The quantitative estimate of drug-likeness (QED) is 0.326. The van der Waals surface area contributed by atoms with E-state index in [2.05, 4.69) is 0 Å². The van der Waals surface area contributed by atoms with Crippen LogP contribution in [0.15, 0.2) is 18.2 Å². The smallest absolute Gasteiger partial charge is 0.317 e. The Hall–Kier alpha value is -1.82. The van der Waals surface area contributed by atoms with Crippen LogP contribution in [-0.4, -0.2) is 23.4 Å². The van der Waals surface area contributed by atoms with E-state index in [9.17, 15) is 10.1 Å². The van der Waals surface area contributed by atoms with Crippen molar-refractivity contribution < 1.29 is 14.8 Å². The van der Waals surface area contributed by atoms with Crippen LogP contribution < -0.4 is 10.5 Å². The van der Waals surface area contributed by atoms with Crippen molar-refractivity contribution in [2.45, 2.75) is 12.6 Å². The molecule has 1 unspecified atom stereocenters. The average molecular weight is 212 g/mol. The van der Waals surface area contributed by atoms with Gasteiger partial charge in [0.05, 0.1) is 24.1 Å². The molecule has 0 aliphatic rings. The highest BCUT2D eigenvalue weighted by molar-refractivity contribution is 5.53. The summed E-state index contributed by atoms with van der Waals surface area (Å²) in [6.45, 7) is 0. The zero-order chi connectivity index (χ0) is 11.4. The number of nitrogens with zero attached hydrogens (tertiary/aromatic N) is 1. The summed E-state index contributed by atoms with van der Waals surface area (Å²) >= 11 is 0. The lowest BCUT2D eigenvalue weighted by Gasteiger charge is -2.07. The van der Waals surface area contributed by atoms with Crippen LogP contribution in [0.5, 0.6) is 5.75 Å². The second kappa shape index (κ2) is 4.61. The van der Waals surface area contributed by atoms with Crippen molar-refractivity contribution in [1.29, 1.82) is 0 Å². The molecular weight excluding hydrogens is 200 g/mol. The molecule has 0 aliphatic heterocycles. The third kappa shape index (κ3) is 2.81. The fourth-order valence-corrected chi connectivity index (χ4v) is 1.17.